The smallest absolute Gasteiger partial charge is 0.227 e. The number of nitrogens with two attached hydrogens (primary N) is 1. The van der Waals surface area contributed by atoms with Crippen LogP contribution in [-0.2, 0) is 11.3 Å². The molecule has 0 aliphatic heterocycles. The Morgan fingerprint density at radius 1 is 1.35 bits per heavy atom. The monoisotopic (exact) mass is 282 g/mol. The van der Waals surface area contributed by atoms with E-state index in [1.165, 1.54) is 23.1 Å². The normalized spacial score (nSPS) is 22.0. The Labute approximate surface area is 117 Å². The minimum Gasteiger partial charge on any atom is -0.338 e. The molecule has 0 bridgehead atoms. The summed E-state index contributed by atoms with van der Waals surface area (Å²) in [5.74, 6) is -1.55. The molecule has 20 heavy (non-hydrogen) atoms. The molecule has 0 radical (unpaired) electrons. The van der Waals surface area contributed by atoms with Crippen LogP contribution in [0.1, 0.15) is 31.7 Å². The topological polar surface area (TPSA) is 46.3 Å². The number of nitrogens with zero attached hydrogens (tertiary/aromatic N) is 1. The molecule has 0 saturated heterocycles. The Kier molecular flexibility index (Phi) is 4.70. The van der Waals surface area contributed by atoms with Gasteiger partial charge in [0.1, 0.15) is 11.6 Å². The Morgan fingerprint density at radius 3 is 2.50 bits per heavy atom. The quantitative estimate of drug-likeness (QED) is 0.922. The molecule has 1 fully saturated rings. The molecule has 1 saturated carbocycles. The van der Waals surface area contributed by atoms with Gasteiger partial charge in [0.2, 0.25) is 5.91 Å². The van der Waals surface area contributed by atoms with Crippen LogP contribution in [0.15, 0.2) is 18.2 Å². The van der Waals surface area contributed by atoms with E-state index < -0.39 is 11.6 Å². The summed E-state index contributed by atoms with van der Waals surface area (Å²) in [6, 6.07) is 3.59. The van der Waals surface area contributed by atoms with Gasteiger partial charge in [0.05, 0.1) is 12.5 Å². The van der Waals surface area contributed by atoms with Gasteiger partial charge in [-0.25, -0.2) is 8.78 Å². The molecular weight excluding hydrogens is 262 g/mol. The summed E-state index contributed by atoms with van der Waals surface area (Å²) >= 11 is 0. The average molecular weight is 282 g/mol. The first-order valence-electron chi connectivity index (χ1n) is 7.01. The number of benzene rings is 1. The predicted octanol–water partition coefficient (Wildman–Crippen LogP) is 2.44. The zero-order valence-corrected chi connectivity index (χ0v) is 11.6. The SMILES string of the molecule is CCN(Cc1c(F)cccc1F)C(=O)C1CCCC1N. The number of rotatable bonds is 4. The maximum absolute atomic E-state index is 13.7. The van der Waals surface area contributed by atoms with Crippen LogP contribution in [0, 0.1) is 17.6 Å². The van der Waals surface area contributed by atoms with E-state index in [4.69, 9.17) is 5.73 Å². The van der Waals surface area contributed by atoms with E-state index >= 15 is 0 Å². The standard InChI is InChI=1S/C15H20F2N2O/c1-2-19(15(20)10-5-3-8-14(10)18)9-11-12(16)6-4-7-13(11)17/h4,6-7,10,14H,2-3,5,8-9,18H2,1H3. The van der Waals surface area contributed by atoms with E-state index in [-0.39, 0.29) is 30.0 Å². The Morgan fingerprint density at radius 2 is 2.00 bits per heavy atom. The molecule has 0 aromatic heterocycles. The van der Waals surface area contributed by atoms with Crippen LogP contribution in [0.2, 0.25) is 0 Å². The number of halogens is 2. The molecule has 3 nitrogen and oxygen atoms in total. The first kappa shape index (κ1) is 14.9. The first-order valence-corrected chi connectivity index (χ1v) is 7.01. The molecule has 5 heteroatoms. The van der Waals surface area contributed by atoms with E-state index in [0.29, 0.717) is 6.54 Å². The fourth-order valence-corrected chi connectivity index (χ4v) is 2.75. The maximum Gasteiger partial charge on any atom is 0.227 e. The Hall–Kier alpha value is -1.49. The molecule has 0 heterocycles. The lowest BCUT2D eigenvalue weighted by atomic mass is 10.0. The number of carbonyl (C=O) groups excluding carboxylic acids is 1. The minimum absolute atomic E-state index is 0.0446. The summed E-state index contributed by atoms with van der Waals surface area (Å²) in [6.45, 7) is 2.17. The summed E-state index contributed by atoms with van der Waals surface area (Å²) in [7, 11) is 0. The number of hydrogen-bond acceptors (Lipinski definition) is 2. The van der Waals surface area contributed by atoms with E-state index in [1.54, 1.807) is 6.92 Å². The highest BCUT2D eigenvalue weighted by Gasteiger charge is 2.33. The van der Waals surface area contributed by atoms with Gasteiger partial charge in [0.25, 0.3) is 0 Å². The van der Waals surface area contributed by atoms with E-state index in [9.17, 15) is 13.6 Å². The lowest BCUT2D eigenvalue weighted by Crippen LogP contribution is -2.41. The lowest BCUT2D eigenvalue weighted by molar-refractivity contribution is -0.136. The van der Waals surface area contributed by atoms with Crippen LogP contribution in [-0.4, -0.2) is 23.4 Å². The van der Waals surface area contributed by atoms with Gasteiger partial charge in [-0.1, -0.05) is 12.5 Å². The van der Waals surface area contributed by atoms with Gasteiger partial charge in [-0.3, -0.25) is 4.79 Å². The van der Waals surface area contributed by atoms with Crippen molar-refractivity contribution in [1.29, 1.82) is 0 Å². The van der Waals surface area contributed by atoms with Crippen LogP contribution in [0.3, 0.4) is 0 Å². The molecule has 1 amide bonds. The molecule has 1 aromatic rings. The van der Waals surface area contributed by atoms with Crippen molar-refractivity contribution in [1.82, 2.24) is 4.90 Å². The predicted molar refractivity (Wildman–Crippen MR) is 72.8 cm³/mol. The van der Waals surface area contributed by atoms with Crippen LogP contribution in [0.4, 0.5) is 8.78 Å². The molecule has 1 aliphatic rings. The second kappa shape index (κ2) is 6.31. The highest BCUT2D eigenvalue weighted by atomic mass is 19.1. The molecule has 2 unspecified atom stereocenters. The maximum atomic E-state index is 13.7. The van der Waals surface area contributed by atoms with E-state index in [0.717, 1.165) is 19.3 Å². The largest absolute Gasteiger partial charge is 0.338 e. The molecular formula is C15H20F2N2O. The van der Waals surface area contributed by atoms with E-state index in [1.807, 2.05) is 0 Å². The first-order chi connectivity index (χ1) is 9.54. The third-order valence-corrected chi connectivity index (χ3v) is 3.99. The molecule has 110 valence electrons. The molecule has 1 aliphatic carbocycles. The molecule has 2 N–H and O–H groups in total. The van der Waals surface area contributed by atoms with Crippen molar-refractivity contribution in [3.05, 3.63) is 35.4 Å². The third kappa shape index (κ3) is 2.98. The molecule has 0 spiro atoms. The number of amides is 1. The second-order valence-electron chi connectivity index (χ2n) is 5.25. The van der Waals surface area contributed by atoms with Crippen LogP contribution in [0.5, 0.6) is 0 Å². The van der Waals surface area contributed by atoms with Gasteiger partial charge in [0, 0.05) is 18.2 Å². The highest BCUT2D eigenvalue weighted by molar-refractivity contribution is 5.79. The summed E-state index contributed by atoms with van der Waals surface area (Å²) in [4.78, 5) is 13.9. The summed E-state index contributed by atoms with van der Waals surface area (Å²) in [5, 5.41) is 0. The number of carbonyl (C=O) groups is 1. The lowest BCUT2D eigenvalue weighted by Gasteiger charge is -2.26. The van der Waals surface area contributed by atoms with Crippen LogP contribution < -0.4 is 5.73 Å². The van der Waals surface area contributed by atoms with E-state index in [2.05, 4.69) is 0 Å². The summed E-state index contributed by atoms with van der Waals surface area (Å²) < 4.78 is 27.3. The molecule has 1 aromatic carbocycles. The fourth-order valence-electron chi connectivity index (χ4n) is 2.75. The zero-order valence-electron chi connectivity index (χ0n) is 11.6. The van der Waals surface area contributed by atoms with Crippen molar-refractivity contribution in [2.75, 3.05) is 6.54 Å². The minimum atomic E-state index is -0.619. The third-order valence-electron chi connectivity index (χ3n) is 3.99. The van der Waals surface area contributed by atoms with Crippen molar-refractivity contribution in [2.45, 2.75) is 38.8 Å². The van der Waals surface area contributed by atoms with Gasteiger partial charge in [-0.2, -0.15) is 0 Å². The van der Waals surface area contributed by atoms with Gasteiger partial charge in [0.15, 0.2) is 0 Å². The van der Waals surface area contributed by atoms with Crippen LogP contribution in [0.25, 0.3) is 0 Å². The second-order valence-corrected chi connectivity index (χ2v) is 5.25. The molecule has 2 rings (SSSR count). The number of hydrogen-bond donors (Lipinski definition) is 1. The fraction of sp³-hybridized carbons (Fsp3) is 0.533. The van der Waals surface area contributed by atoms with Gasteiger partial charge < -0.3 is 10.6 Å². The summed E-state index contributed by atoms with van der Waals surface area (Å²) in [5.41, 5.74) is 5.87. The van der Waals surface area contributed by atoms with Crippen LogP contribution >= 0.6 is 0 Å². The Bertz CT molecular complexity index is 473. The average Bonchev–Trinajstić information content (AvgIpc) is 2.84. The van der Waals surface area contributed by atoms with Gasteiger partial charge in [-0.05, 0) is 31.9 Å². The van der Waals surface area contributed by atoms with Gasteiger partial charge >= 0.3 is 0 Å². The summed E-state index contributed by atoms with van der Waals surface area (Å²) in [6.07, 6.45) is 2.53. The van der Waals surface area contributed by atoms with Crippen molar-refractivity contribution in [3.8, 4) is 0 Å². The zero-order chi connectivity index (χ0) is 14.7. The van der Waals surface area contributed by atoms with Crippen molar-refractivity contribution in [3.63, 3.8) is 0 Å². The highest BCUT2D eigenvalue weighted by Crippen LogP contribution is 2.27. The van der Waals surface area contributed by atoms with Crippen molar-refractivity contribution in [2.24, 2.45) is 11.7 Å². The van der Waals surface area contributed by atoms with Gasteiger partial charge in [-0.15, -0.1) is 0 Å². The molecule has 2 atom stereocenters. The van der Waals surface area contributed by atoms with Crippen molar-refractivity contribution >= 4 is 5.91 Å². The Balaban J connectivity index is 2.14. The van der Waals surface area contributed by atoms with Crippen molar-refractivity contribution < 1.29 is 13.6 Å².